The summed E-state index contributed by atoms with van der Waals surface area (Å²) in [5.74, 6) is 0.326. The minimum absolute atomic E-state index is 0.0243. The molecule has 0 aliphatic heterocycles. The largest absolute Gasteiger partial charge is 0.493 e. The number of thiophene rings is 1. The Morgan fingerprint density at radius 3 is 2.56 bits per heavy atom. The highest BCUT2D eigenvalue weighted by molar-refractivity contribution is 7.12. The van der Waals surface area contributed by atoms with Gasteiger partial charge in [0, 0.05) is 12.1 Å². The number of benzene rings is 1. The van der Waals surface area contributed by atoms with E-state index in [-0.39, 0.29) is 22.2 Å². The first kappa shape index (κ1) is 18.8. The zero-order valence-electron chi connectivity index (χ0n) is 14.6. The van der Waals surface area contributed by atoms with E-state index in [1.807, 2.05) is 0 Å². The van der Waals surface area contributed by atoms with E-state index in [4.69, 9.17) is 25.6 Å². The lowest BCUT2D eigenvalue weighted by atomic mass is 10.1. The first-order valence-electron chi connectivity index (χ1n) is 7.67. The van der Waals surface area contributed by atoms with Crippen LogP contribution in [0.2, 0.25) is 5.02 Å². The number of rotatable bonds is 5. The molecule has 1 amide bonds. The van der Waals surface area contributed by atoms with E-state index in [0.29, 0.717) is 22.1 Å². The summed E-state index contributed by atoms with van der Waals surface area (Å²) in [7, 11) is 2.93. The third-order valence-electron chi connectivity index (χ3n) is 3.78. The van der Waals surface area contributed by atoms with Crippen molar-refractivity contribution in [1.82, 2.24) is 5.16 Å². The molecule has 27 heavy (non-hydrogen) atoms. The Kier molecular flexibility index (Phi) is 5.35. The van der Waals surface area contributed by atoms with Crippen LogP contribution in [0.4, 0.5) is 11.6 Å². The topological polar surface area (TPSA) is 88.6 Å². The normalized spacial score (nSPS) is 10.3. The number of aromatic nitrogens is 1. The van der Waals surface area contributed by atoms with Gasteiger partial charge in [-0.15, -0.1) is 11.3 Å². The van der Waals surface area contributed by atoms with E-state index in [9.17, 15) is 10.1 Å². The Hall–Kier alpha value is -3.02. The Morgan fingerprint density at radius 1 is 1.33 bits per heavy atom. The lowest BCUT2D eigenvalue weighted by Crippen LogP contribution is -2.26. The highest BCUT2D eigenvalue weighted by Gasteiger charge is 2.30. The molecule has 7 nitrogen and oxygen atoms in total. The summed E-state index contributed by atoms with van der Waals surface area (Å²) >= 11 is 7.56. The Bertz CT molecular complexity index is 1020. The van der Waals surface area contributed by atoms with Gasteiger partial charge in [-0.05, 0) is 18.4 Å². The zero-order chi connectivity index (χ0) is 19.6. The number of carbonyl (C=O) groups is 1. The van der Waals surface area contributed by atoms with E-state index in [0.717, 1.165) is 0 Å². The van der Waals surface area contributed by atoms with Gasteiger partial charge in [-0.25, -0.2) is 4.90 Å². The molecule has 3 rings (SSSR count). The molecule has 138 valence electrons. The van der Waals surface area contributed by atoms with Gasteiger partial charge in [-0.1, -0.05) is 22.8 Å². The highest BCUT2D eigenvalue weighted by Crippen LogP contribution is 2.41. The van der Waals surface area contributed by atoms with E-state index >= 15 is 0 Å². The maximum Gasteiger partial charge on any atom is 0.275 e. The molecular formula is C18H14ClN3O4S. The summed E-state index contributed by atoms with van der Waals surface area (Å²) < 4.78 is 15.9. The highest BCUT2D eigenvalue weighted by atomic mass is 35.5. The van der Waals surface area contributed by atoms with Crippen molar-refractivity contribution in [2.24, 2.45) is 0 Å². The van der Waals surface area contributed by atoms with Gasteiger partial charge in [0.15, 0.2) is 11.5 Å². The number of carbonyl (C=O) groups excluding carboxylic acids is 1. The minimum Gasteiger partial charge on any atom is -0.493 e. The molecule has 0 spiro atoms. The fraction of sp³-hybridized carbons (Fsp3) is 0.167. The fourth-order valence-electron chi connectivity index (χ4n) is 2.45. The molecule has 0 aliphatic rings. The van der Waals surface area contributed by atoms with Gasteiger partial charge in [-0.3, -0.25) is 4.79 Å². The Morgan fingerprint density at radius 2 is 2.04 bits per heavy atom. The van der Waals surface area contributed by atoms with Crippen LogP contribution < -0.4 is 14.4 Å². The van der Waals surface area contributed by atoms with Crippen LogP contribution in [0.25, 0.3) is 0 Å². The number of methoxy groups -OCH3 is 2. The molecule has 0 bridgehead atoms. The van der Waals surface area contributed by atoms with Gasteiger partial charge in [0.2, 0.25) is 0 Å². The van der Waals surface area contributed by atoms with Gasteiger partial charge in [0.1, 0.15) is 16.8 Å². The van der Waals surface area contributed by atoms with Gasteiger partial charge in [-0.2, -0.15) is 5.26 Å². The van der Waals surface area contributed by atoms with Crippen LogP contribution in [0.15, 0.2) is 34.2 Å². The number of hydrogen-bond acceptors (Lipinski definition) is 7. The maximum atomic E-state index is 13.2. The van der Waals surface area contributed by atoms with Crippen LogP contribution in [0.3, 0.4) is 0 Å². The third-order valence-corrected chi connectivity index (χ3v) is 5.07. The average Bonchev–Trinajstić information content (AvgIpc) is 3.33. The number of nitriles is 1. The van der Waals surface area contributed by atoms with Gasteiger partial charge >= 0.3 is 0 Å². The summed E-state index contributed by atoms with van der Waals surface area (Å²) in [6.07, 6.45) is 0. The van der Waals surface area contributed by atoms with Gasteiger partial charge < -0.3 is 14.0 Å². The summed E-state index contributed by atoms with van der Waals surface area (Å²) in [5.41, 5.74) is 0.851. The molecule has 0 saturated heterocycles. The van der Waals surface area contributed by atoms with Crippen molar-refractivity contribution >= 4 is 40.4 Å². The van der Waals surface area contributed by atoms with Crippen molar-refractivity contribution < 1.29 is 18.8 Å². The number of ether oxygens (including phenoxy) is 2. The summed E-state index contributed by atoms with van der Waals surface area (Å²) in [5, 5.41) is 15.4. The first-order chi connectivity index (χ1) is 13.0. The van der Waals surface area contributed by atoms with Crippen LogP contribution in [-0.4, -0.2) is 25.3 Å². The first-order valence-corrected chi connectivity index (χ1v) is 8.93. The smallest absolute Gasteiger partial charge is 0.275 e. The van der Waals surface area contributed by atoms with Crippen molar-refractivity contribution in [2.45, 2.75) is 6.92 Å². The second kappa shape index (κ2) is 7.70. The number of halogens is 1. The quantitative estimate of drug-likeness (QED) is 0.620. The number of anilines is 2. The van der Waals surface area contributed by atoms with Crippen LogP contribution in [0.1, 0.15) is 20.9 Å². The molecule has 0 atom stereocenters. The standard InChI is InChI=1S/C18H14ClN3O4S/c1-10-16(19)18(26-21-10)22(17(23)15-5-4-6-27-15)12-8-14(25-3)13(24-2)7-11(12)9-20/h4-8H,1-3H3. The van der Waals surface area contributed by atoms with Crippen molar-refractivity contribution in [2.75, 3.05) is 19.1 Å². The van der Waals surface area contributed by atoms with Crippen molar-refractivity contribution in [1.29, 1.82) is 5.26 Å². The molecule has 1 aromatic carbocycles. The Balaban J connectivity index is 2.27. The van der Waals surface area contributed by atoms with Crippen molar-refractivity contribution in [3.05, 3.63) is 50.8 Å². The van der Waals surface area contributed by atoms with Crippen molar-refractivity contribution in [3.63, 3.8) is 0 Å². The van der Waals surface area contributed by atoms with E-state index in [1.54, 1.807) is 24.4 Å². The van der Waals surface area contributed by atoms with Crippen LogP contribution in [-0.2, 0) is 0 Å². The number of hydrogen-bond donors (Lipinski definition) is 0. The molecule has 0 N–H and O–H groups in total. The summed E-state index contributed by atoms with van der Waals surface area (Å²) in [6.45, 7) is 1.66. The SMILES string of the molecule is COc1cc(C#N)c(N(C(=O)c2cccs2)c2onc(C)c2Cl)cc1OC. The van der Waals surface area contributed by atoms with Gasteiger partial charge in [0.05, 0.1) is 30.3 Å². The summed E-state index contributed by atoms with van der Waals surface area (Å²) in [4.78, 5) is 14.9. The average molecular weight is 404 g/mol. The fourth-order valence-corrected chi connectivity index (χ4v) is 3.26. The lowest BCUT2D eigenvalue weighted by Gasteiger charge is -2.22. The molecule has 0 aliphatic carbocycles. The lowest BCUT2D eigenvalue weighted by molar-refractivity contribution is 0.0998. The molecule has 0 fully saturated rings. The van der Waals surface area contributed by atoms with E-state index in [2.05, 4.69) is 11.2 Å². The van der Waals surface area contributed by atoms with E-state index < -0.39 is 5.91 Å². The monoisotopic (exact) mass is 403 g/mol. The molecule has 2 aromatic heterocycles. The number of amides is 1. The van der Waals surface area contributed by atoms with Gasteiger partial charge in [0.25, 0.3) is 11.8 Å². The maximum absolute atomic E-state index is 13.2. The molecule has 0 unspecified atom stereocenters. The van der Waals surface area contributed by atoms with Crippen LogP contribution in [0.5, 0.6) is 11.5 Å². The Labute approximate surface area is 164 Å². The van der Waals surface area contributed by atoms with Crippen molar-refractivity contribution in [3.8, 4) is 17.6 Å². The van der Waals surface area contributed by atoms with Crippen LogP contribution >= 0.6 is 22.9 Å². The summed E-state index contributed by atoms with van der Waals surface area (Å²) in [6, 6.07) is 8.50. The minimum atomic E-state index is -0.410. The number of nitrogens with zero attached hydrogens (tertiary/aromatic N) is 3. The predicted octanol–water partition coefficient (Wildman–Crippen LogP) is 4.57. The van der Waals surface area contributed by atoms with E-state index in [1.165, 1.54) is 42.6 Å². The molecule has 0 radical (unpaired) electrons. The molecule has 9 heteroatoms. The predicted molar refractivity (Wildman–Crippen MR) is 101 cm³/mol. The molecular weight excluding hydrogens is 390 g/mol. The van der Waals surface area contributed by atoms with Crippen LogP contribution in [0, 0.1) is 18.3 Å². The third kappa shape index (κ3) is 3.35. The zero-order valence-corrected chi connectivity index (χ0v) is 16.2. The molecule has 0 saturated carbocycles. The number of aryl methyl sites for hydroxylation is 1. The molecule has 2 heterocycles. The second-order valence-corrected chi connectivity index (χ2v) is 6.67. The second-order valence-electron chi connectivity index (χ2n) is 5.34. The molecule has 3 aromatic rings.